The Kier molecular flexibility index (Phi) is 3.95. The maximum Gasteiger partial charge on any atom is 0.136 e. The second kappa shape index (κ2) is 4.78. The molecule has 0 N–H and O–H groups in total. The summed E-state index contributed by atoms with van der Waals surface area (Å²) in [6.45, 7) is 6.49. The molecule has 1 saturated carbocycles. The van der Waals surface area contributed by atoms with E-state index in [1.165, 1.54) is 25.7 Å². The molecule has 1 rings (SSSR count). The van der Waals surface area contributed by atoms with Crippen LogP contribution in [0.5, 0.6) is 0 Å². The minimum absolute atomic E-state index is 0.347. The highest BCUT2D eigenvalue weighted by molar-refractivity contribution is 5.81. The minimum atomic E-state index is 0.347. The van der Waals surface area contributed by atoms with Gasteiger partial charge >= 0.3 is 0 Å². The van der Waals surface area contributed by atoms with Crippen LogP contribution in [0, 0.1) is 17.8 Å². The fourth-order valence-electron chi connectivity index (χ4n) is 1.98. The van der Waals surface area contributed by atoms with Crippen LogP contribution >= 0.6 is 0 Å². The molecule has 0 heterocycles. The van der Waals surface area contributed by atoms with E-state index in [1.54, 1.807) is 0 Å². The van der Waals surface area contributed by atoms with Gasteiger partial charge < -0.3 is 0 Å². The summed E-state index contributed by atoms with van der Waals surface area (Å²) in [7, 11) is 0. The van der Waals surface area contributed by atoms with E-state index in [1.807, 2.05) is 0 Å². The zero-order chi connectivity index (χ0) is 9.84. The van der Waals surface area contributed by atoms with Crippen molar-refractivity contribution in [2.45, 2.75) is 52.9 Å². The molecular weight excluding hydrogens is 160 g/mol. The summed E-state index contributed by atoms with van der Waals surface area (Å²) in [6, 6.07) is 0. The van der Waals surface area contributed by atoms with Crippen LogP contribution in [0.3, 0.4) is 0 Å². The number of hydrogen-bond donors (Lipinski definition) is 0. The van der Waals surface area contributed by atoms with E-state index < -0.39 is 0 Å². The molecule has 0 aromatic carbocycles. The third-order valence-corrected chi connectivity index (χ3v) is 3.17. The van der Waals surface area contributed by atoms with E-state index in [0.717, 1.165) is 12.3 Å². The maximum absolute atomic E-state index is 11.7. The normalized spacial score (nSPS) is 21.2. The van der Waals surface area contributed by atoms with Crippen molar-refractivity contribution in [3.63, 3.8) is 0 Å². The SMILES string of the molecule is CCCC(C)CC(=O)C(C)C1CC1. The smallest absolute Gasteiger partial charge is 0.136 e. The standard InChI is InChI=1S/C12H22O/c1-4-5-9(2)8-12(13)10(3)11-6-7-11/h9-11H,4-8H2,1-3H3. The van der Waals surface area contributed by atoms with E-state index >= 15 is 0 Å². The van der Waals surface area contributed by atoms with Crippen LogP contribution in [0.15, 0.2) is 0 Å². The first kappa shape index (κ1) is 10.7. The lowest BCUT2D eigenvalue weighted by atomic mass is 9.91. The molecule has 0 amide bonds. The van der Waals surface area contributed by atoms with Gasteiger partial charge in [-0.2, -0.15) is 0 Å². The molecule has 0 radical (unpaired) electrons. The van der Waals surface area contributed by atoms with Crippen molar-refractivity contribution in [1.82, 2.24) is 0 Å². The largest absolute Gasteiger partial charge is 0.299 e. The van der Waals surface area contributed by atoms with Gasteiger partial charge in [0.1, 0.15) is 5.78 Å². The van der Waals surface area contributed by atoms with Crippen LogP contribution in [-0.4, -0.2) is 5.78 Å². The predicted molar refractivity (Wildman–Crippen MR) is 55.6 cm³/mol. The van der Waals surface area contributed by atoms with Gasteiger partial charge in [-0.05, 0) is 24.7 Å². The van der Waals surface area contributed by atoms with Crippen molar-refractivity contribution in [2.75, 3.05) is 0 Å². The summed E-state index contributed by atoms with van der Waals surface area (Å²) in [5.41, 5.74) is 0. The number of ketones is 1. The molecule has 0 aliphatic heterocycles. The Balaban J connectivity index is 2.22. The van der Waals surface area contributed by atoms with Gasteiger partial charge in [-0.15, -0.1) is 0 Å². The van der Waals surface area contributed by atoms with Crippen molar-refractivity contribution in [3.8, 4) is 0 Å². The number of rotatable bonds is 6. The molecular formula is C12H22O. The van der Waals surface area contributed by atoms with Crippen LogP contribution in [0.25, 0.3) is 0 Å². The molecule has 1 aliphatic rings. The first-order valence-corrected chi connectivity index (χ1v) is 5.67. The van der Waals surface area contributed by atoms with Gasteiger partial charge in [0.25, 0.3) is 0 Å². The van der Waals surface area contributed by atoms with E-state index in [-0.39, 0.29) is 0 Å². The number of carbonyl (C=O) groups is 1. The number of hydrogen-bond acceptors (Lipinski definition) is 1. The number of carbonyl (C=O) groups excluding carboxylic acids is 1. The Morgan fingerprint density at radius 3 is 2.46 bits per heavy atom. The second-order valence-corrected chi connectivity index (χ2v) is 4.69. The molecule has 1 fully saturated rings. The highest BCUT2D eigenvalue weighted by Gasteiger charge is 2.32. The first-order chi connectivity index (χ1) is 6.15. The molecule has 0 aromatic heterocycles. The summed E-state index contributed by atoms with van der Waals surface area (Å²) in [5, 5.41) is 0. The van der Waals surface area contributed by atoms with E-state index in [4.69, 9.17) is 0 Å². The van der Waals surface area contributed by atoms with Gasteiger partial charge in [0.2, 0.25) is 0 Å². The lowest BCUT2D eigenvalue weighted by Crippen LogP contribution is -2.15. The van der Waals surface area contributed by atoms with Crippen molar-refractivity contribution in [2.24, 2.45) is 17.8 Å². The topological polar surface area (TPSA) is 17.1 Å². The highest BCUT2D eigenvalue weighted by Crippen LogP contribution is 2.37. The van der Waals surface area contributed by atoms with Gasteiger partial charge in [-0.1, -0.05) is 33.6 Å². The van der Waals surface area contributed by atoms with Gasteiger partial charge in [0.05, 0.1) is 0 Å². The monoisotopic (exact) mass is 182 g/mol. The Bertz CT molecular complexity index is 170. The van der Waals surface area contributed by atoms with Crippen molar-refractivity contribution in [1.29, 1.82) is 0 Å². The van der Waals surface area contributed by atoms with Crippen molar-refractivity contribution < 1.29 is 4.79 Å². The van der Waals surface area contributed by atoms with Gasteiger partial charge in [0.15, 0.2) is 0 Å². The quantitative estimate of drug-likeness (QED) is 0.615. The molecule has 13 heavy (non-hydrogen) atoms. The van der Waals surface area contributed by atoms with Crippen molar-refractivity contribution in [3.05, 3.63) is 0 Å². The molecule has 0 bridgehead atoms. The fourth-order valence-corrected chi connectivity index (χ4v) is 1.98. The summed E-state index contributed by atoms with van der Waals surface area (Å²) >= 11 is 0. The summed E-state index contributed by atoms with van der Waals surface area (Å²) < 4.78 is 0. The van der Waals surface area contributed by atoms with Crippen LogP contribution in [0.4, 0.5) is 0 Å². The van der Waals surface area contributed by atoms with E-state index in [2.05, 4.69) is 20.8 Å². The van der Waals surface area contributed by atoms with Crippen LogP contribution in [-0.2, 0) is 4.79 Å². The van der Waals surface area contributed by atoms with E-state index in [9.17, 15) is 4.79 Å². The Hall–Kier alpha value is -0.330. The van der Waals surface area contributed by atoms with Gasteiger partial charge in [-0.3, -0.25) is 4.79 Å². The molecule has 1 nitrogen and oxygen atoms in total. The fraction of sp³-hybridized carbons (Fsp3) is 0.917. The number of Topliss-reactive ketones (excluding diaryl/α,β-unsaturated/α-hetero) is 1. The lowest BCUT2D eigenvalue weighted by molar-refractivity contribution is -0.123. The molecule has 1 heteroatoms. The van der Waals surface area contributed by atoms with Crippen LogP contribution < -0.4 is 0 Å². The molecule has 76 valence electrons. The van der Waals surface area contributed by atoms with Crippen molar-refractivity contribution >= 4 is 5.78 Å². The zero-order valence-corrected chi connectivity index (χ0v) is 9.18. The third kappa shape index (κ3) is 3.50. The first-order valence-electron chi connectivity index (χ1n) is 5.67. The Morgan fingerprint density at radius 1 is 1.38 bits per heavy atom. The minimum Gasteiger partial charge on any atom is -0.299 e. The molecule has 2 unspecified atom stereocenters. The maximum atomic E-state index is 11.7. The predicted octanol–water partition coefficient (Wildman–Crippen LogP) is 3.43. The van der Waals surface area contributed by atoms with Crippen LogP contribution in [0.2, 0.25) is 0 Å². The zero-order valence-electron chi connectivity index (χ0n) is 9.18. The lowest BCUT2D eigenvalue weighted by Gasteiger charge is -2.13. The summed E-state index contributed by atoms with van der Waals surface area (Å²) in [4.78, 5) is 11.7. The molecule has 0 saturated heterocycles. The average molecular weight is 182 g/mol. The second-order valence-electron chi connectivity index (χ2n) is 4.69. The van der Waals surface area contributed by atoms with Gasteiger partial charge in [-0.25, -0.2) is 0 Å². The van der Waals surface area contributed by atoms with E-state index in [0.29, 0.717) is 17.6 Å². The molecule has 0 spiro atoms. The summed E-state index contributed by atoms with van der Waals surface area (Å²) in [5.74, 6) is 2.18. The molecule has 1 aliphatic carbocycles. The Morgan fingerprint density at radius 2 is 2.00 bits per heavy atom. The van der Waals surface area contributed by atoms with Crippen LogP contribution in [0.1, 0.15) is 52.9 Å². The summed E-state index contributed by atoms with van der Waals surface area (Å²) in [6.07, 6.45) is 5.78. The Labute approximate surface area is 81.9 Å². The molecule has 2 atom stereocenters. The highest BCUT2D eigenvalue weighted by atomic mass is 16.1. The third-order valence-electron chi connectivity index (χ3n) is 3.17. The van der Waals surface area contributed by atoms with Gasteiger partial charge in [0, 0.05) is 12.3 Å². The molecule has 0 aromatic rings. The average Bonchev–Trinajstić information content (AvgIpc) is 2.85.